The van der Waals surface area contributed by atoms with Crippen LogP contribution in [-0.4, -0.2) is 18.5 Å². The Kier molecular flexibility index (Phi) is 7.57. The molecule has 1 aliphatic rings. The van der Waals surface area contributed by atoms with Gasteiger partial charge in [0.25, 0.3) is 0 Å². The van der Waals surface area contributed by atoms with E-state index in [1.807, 2.05) is 0 Å². The molecule has 118 valence electrons. The Morgan fingerprint density at radius 3 is 2.50 bits per heavy atom. The first-order valence-electron chi connectivity index (χ1n) is 8.55. The fraction of sp³-hybridized carbons (Fsp3) is 0.941. The smallest absolute Gasteiger partial charge is 0.227 e. The molecule has 1 saturated carbocycles. The number of rotatable bonds is 8. The summed E-state index contributed by atoms with van der Waals surface area (Å²) in [4.78, 5) is 12.6. The van der Waals surface area contributed by atoms with Gasteiger partial charge in [-0.05, 0) is 44.9 Å². The van der Waals surface area contributed by atoms with Gasteiger partial charge in [0.15, 0.2) is 0 Å². The van der Waals surface area contributed by atoms with E-state index in [0.717, 1.165) is 38.0 Å². The van der Waals surface area contributed by atoms with Crippen molar-refractivity contribution in [2.24, 2.45) is 17.1 Å². The number of amides is 1. The van der Waals surface area contributed by atoms with Crippen LogP contribution in [0.15, 0.2) is 0 Å². The van der Waals surface area contributed by atoms with Crippen LogP contribution in [0, 0.1) is 11.3 Å². The third-order valence-electron chi connectivity index (χ3n) is 4.97. The molecular weight excluding hydrogens is 248 g/mol. The number of hydrogen-bond acceptors (Lipinski definition) is 2. The van der Waals surface area contributed by atoms with Crippen molar-refractivity contribution in [2.45, 2.75) is 84.6 Å². The van der Waals surface area contributed by atoms with Crippen LogP contribution in [0.2, 0.25) is 0 Å². The summed E-state index contributed by atoms with van der Waals surface area (Å²) in [5.41, 5.74) is 5.65. The van der Waals surface area contributed by atoms with E-state index in [9.17, 15) is 4.79 Å². The minimum Gasteiger partial charge on any atom is -0.353 e. The summed E-state index contributed by atoms with van der Waals surface area (Å²) in [6, 6.07) is 0.280. The van der Waals surface area contributed by atoms with Crippen LogP contribution in [0.1, 0.15) is 78.6 Å². The maximum absolute atomic E-state index is 12.6. The van der Waals surface area contributed by atoms with Gasteiger partial charge in [0.2, 0.25) is 5.91 Å². The Hall–Kier alpha value is -0.570. The number of carbonyl (C=O) groups is 1. The van der Waals surface area contributed by atoms with E-state index < -0.39 is 0 Å². The Morgan fingerprint density at radius 1 is 1.30 bits per heavy atom. The van der Waals surface area contributed by atoms with E-state index in [1.54, 1.807) is 0 Å². The second kappa shape index (κ2) is 8.66. The minimum absolute atomic E-state index is 0.204. The van der Waals surface area contributed by atoms with Crippen LogP contribution < -0.4 is 11.1 Å². The van der Waals surface area contributed by atoms with Crippen molar-refractivity contribution in [3.63, 3.8) is 0 Å². The van der Waals surface area contributed by atoms with Gasteiger partial charge in [-0.1, -0.05) is 39.5 Å². The van der Waals surface area contributed by atoms with Crippen LogP contribution in [0.3, 0.4) is 0 Å². The first-order chi connectivity index (χ1) is 9.54. The van der Waals surface area contributed by atoms with Crippen LogP contribution in [0.25, 0.3) is 0 Å². The summed E-state index contributed by atoms with van der Waals surface area (Å²) in [5.74, 6) is 0.948. The van der Waals surface area contributed by atoms with Crippen molar-refractivity contribution in [2.75, 3.05) is 6.54 Å². The molecule has 1 amide bonds. The summed E-state index contributed by atoms with van der Waals surface area (Å²) in [6.07, 6.45) is 10.3. The quantitative estimate of drug-likeness (QED) is 0.668. The molecule has 0 aliphatic heterocycles. The zero-order valence-corrected chi connectivity index (χ0v) is 13.7. The summed E-state index contributed by atoms with van der Waals surface area (Å²) >= 11 is 0. The fourth-order valence-electron chi connectivity index (χ4n) is 3.16. The van der Waals surface area contributed by atoms with Crippen molar-refractivity contribution >= 4 is 5.91 Å². The van der Waals surface area contributed by atoms with E-state index in [2.05, 4.69) is 26.1 Å². The van der Waals surface area contributed by atoms with E-state index in [1.165, 1.54) is 25.7 Å². The lowest BCUT2D eigenvalue weighted by molar-refractivity contribution is -0.133. The van der Waals surface area contributed by atoms with Gasteiger partial charge in [-0.25, -0.2) is 0 Å². The fourth-order valence-corrected chi connectivity index (χ4v) is 3.16. The van der Waals surface area contributed by atoms with E-state index in [-0.39, 0.29) is 17.4 Å². The van der Waals surface area contributed by atoms with Gasteiger partial charge in [0.1, 0.15) is 0 Å². The third kappa shape index (κ3) is 5.08. The minimum atomic E-state index is -0.288. The predicted octanol–water partition coefficient (Wildman–Crippen LogP) is 3.62. The lowest BCUT2D eigenvalue weighted by Crippen LogP contribution is -2.50. The molecule has 0 aromatic heterocycles. The molecule has 0 radical (unpaired) electrons. The molecule has 1 fully saturated rings. The summed E-state index contributed by atoms with van der Waals surface area (Å²) < 4.78 is 0. The largest absolute Gasteiger partial charge is 0.353 e. The lowest BCUT2D eigenvalue weighted by atomic mass is 9.70. The number of nitrogens with one attached hydrogen (secondary N) is 1. The van der Waals surface area contributed by atoms with Gasteiger partial charge in [0.05, 0.1) is 5.41 Å². The maximum atomic E-state index is 12.6. The average Bonchev–Trinajstić information content (AvgIpc) is 2.45. The van der Waals surface area contributed by atoms with Gasteiger partial charge in [-0.2, -0.15) is 0 Å². The Morgan fingerprint density at radius 2 is 1.95 bits per heavy atom. The average molecular weight is 282 g/mol. The summed E-state index contributed by atoms with van der Waals surface area (Å²) in [7, 11) is 0. The molecule has 1 rings (SSSR count). The van der Waals surface area contributed by atoms with E-state index in [4.69, 9.17) is 5.73 Å². The molecule has 0 heterocycles. The molecule has 3 heteroatoms. The topological polar surface area (TPSA) is 55.1 Å². The van der Waals surface area contributed by atoms with Gasteiger partial charge in [-0.15, -0.1) is 0 Å². The molecule has 20 heavy (non-hydrogen) atoms. The molecule has 0 aromatic rings. The monoisotopic (exact) mass is 282 g/mol. The van der Waals surface area contributed by atoms with Gasteiger partial charge < -0.3 is 11.1 Å². The van der Waals surface area contributed by atoms with Crippen LogP contribution in [-0.2, 0) is 4.79 Å². The molecule has 3 N–H and O–H groups in total. The predicted molar refractivity (Wildman–Crippen MR) is 85.5 cm³/mol. The maximum Gasteiger partial charge on any atom is 0.227 e. The lowest BCUT2D eigenvalue weighted by Gasteiger charge is -2.37. The van der Waals surface area contributed by atoms with E-state index in [0.29, 0.717) is 6.54 Å². The molecule has 0 spiro atoms. The van der Waals surface area contributed by atoms with Gasteiger partial charge in [0, 0.05) is 12.6 Å². The molecule has 1 atom stereocenters. The van der Waals surface area contributed by atoms with Crippen LogP contribution >= 0.6 is 0 Å². The molecule has 1 unspecified atom stereocenters. The molecule has 0 bridgehead atoms. The SMILES string of the molecule is CCCCCCC(C)NC(=O)C1(CN)CCC(C)CC1. The molecule has 1 aliphatic carbocycles. The van der Waals surface area contributed by atoms with Crippen molar-refractivity contribution in [3.8, 4) is 0 Å². The zero-order valence-electron chi connectivity index (χ0n) is 13.7. The van der Waals surface area contributed by atoms with Gasteiger partial charge in [-0.3, -0.25) is 4.79 Å². The summed E-state index contributed by atoms with van der Waals surface area (Å²) in [5, 5.41) is 3.21. The zero-order chi connectivity index (χ0) is 15.0. The first-order valence-corrected chi connectivity index (χ1v) is 8.55. The number of hydrogen-bond donors (Lipinski definition) is 2. The van der Waals surface area contributed by atoms with Crippen molar-refractivity contribution in [1.82, 2.24) is 5.32 Å². The Labute approximate surface area is 125 Å². The highest BCUT2D eigenvalue weighted by Crippen LogP contribution is 2.38. The normalized spacial score (nSPS) is 28.1. The molecule has 3 nitrogen and oxygen atoms in total. The molecular formula is C17H34N2O. The number of unbranched alkanes of at least 4 members (excludes halogenated alkanes) is 3. The second-order valence-corrected chi connectivity index (χ2v) is 6.89. The second-order valence-electron chi connectivity index (χ2n) is 6.89. The van der Waals surface area contributed by atoms with Crippen molar-refractivity contribution in [1.29, 1.82) is 0 Å². The standard InChI is InChI=1S/C17H34N2O/c1-4-5-6-7-8-15(3)19-16(20)17(13-18)11-9-14(2)10-12-17/h14-15H,4-13,18H2,1-3H3,(H,19,20). The Bertz CT molecular complexity index is 283. The van der Waals surface area contributed by atoms with Crippen molar-refractivity contribution < 1.29 is 4.79 Å². The van der Waals surface area contributed by atoms with Crippen LogP contribution in [0.5, 0.6) is 0 Å². The number of nitrogens with two attached hydrogens (primary N) is 1. The molecule has 0 saturated heterocycles. The van der Waals surface area contributed by atoms with Gasteiger partial charge >= 0.3 is 0 Å². The number of carbonyl (C=O) groups excluding carboxylic acids is 1. The summed E-state index contributed by atoms with van der Waals surface area (Å²) in [6.45, 7) is 7.11. The first kappa shape index (κ1) is 17.5. The van der Waals surface area contributed by atoms with E-state index >= 15 is 0 Å². The van der Waals surface area contributed by atoms with Crippen molar-refractivity contribution in [3.05, 3.63) is 0 Å². The highest BCUT2D eigenvalue weighted by atomic mass is 16.2. The van der Waals surface area contributed by atoms with Crippen LogP contribution in [0.4, 0.5) is 0 Å². The highest BCUT2D eigenvalue weighted by molar-refractivity contribution is 5.83. The highest BCUT2D eigenvalue weighted by Gasteiger charge is 2.40. The third-order valence-corrected chi connectivity index (χ3v) is 4.97. The molecule has 0 aromatic carbocycles. The Balaban J connectivity index is 2.39.